The van der Waals surface area contributed by atoms with Crippen molar-refractivity contribution in [3.8, 4) is 6.01 Å². The smallest absolute Gasteiger partial charge is 0.320 e. The van der Waals surface area contributed by atoms with Crippen LogP contribution < -0.4 is 4.74 Å². The first kappa shape index (κ1) is 11.7. The minimum Gasteiger partial charge on any atom is -0.459 e. The molecule has 0 bridgehead atoms. The Morgan fingerprint density at radius 2 is 1.95 bits per heavy atom. The maximum atomic E-state index is 5.57. The molecule has 0 radical (unpaired) electrons. The highest BCUT2D eigenvalue weighted by Gasteiger charge is 2.05. The van der Waals surface area contributed by atoms with Gasteiger partial charge in [-0.05, 0) is 25.5 Å². The third-order valence-electron chi connectivity index (χ3n) is 2.86. The Morgan fingerprint density at radius 1 is 1.16 bits per heavy atom. The monoisotopic (exact) mass is 254 g/mol. The van der Waals surface area contributed by atoms with Crippen LogP contribution in [-0.4, -0.2) is 9.97 Å². The fourth-order valence-corrected chi connectivity index (χ4v) is 1.84. The lowest BCUT2D eigenvalue weighted by molar-refractivity contribution is 0.280. The highest BCUT2D eigenvalue weighted by molar-refractivity contribution is 5.72. The van der Waals surface area contributed by atoms with E-state index in [1.807, 2.05) is 25.1 Å². The van der Waals surface area contributed by atoms with Crippen LogP contribution in [0.4, 0.5) is 0 Å². The van der Waals surface area contributed by atoms with E-state index in [2.05, 4.69) is 29.0 Å². The molecule has 4 heteroatoms. The second-order valence-electron chi connectivity index (χ2n) is 4.54. The van der Waals surface area contributed by atoms with Crippen LogP contribution in [0.3, 0.4) is 0 Å². The fourth-order valence-electron chi connectivity index (χ4n) is 1.84. The zero-order valence-corrected chi connectivity index (χ0v) is 10.9. The highest BCUT2D eigenvalue weighted by Crippen LogP contribution is 2.18. The van der Waals surface area contributed by atoms with Crippen LogP contribution in [0, 0.1) is 13.8 Å². The molecule has 1 aromatic carbocycles. The van der Waals surface area contributed by atoms with Crippen molar-refractivity contribution in [3.05, 3.63) is 53.4 Å². The normalized spacial score (nSPS) is 10.8. The molecule has 3 rings (SSSR count). The Labute approximate surface area is 111 Å². The third kappa shape index (κ3) is 2.57. The van der Waals surface area contributed by atoms with Crippen LogP contribution in [0.1, 0.15) is 16.9 Å². The Kier molecular flexibility index (Phi) is 2.91. The Hall–Kier alpha value is -2.36. The lowest BCUT2D eigenvalue weighted by atomic mass is 10.2. The van der Waals surface area contributed by atoms with Gasteiger partial charge in [0, 0.05) is 6.20 Å². The van der Waals surface area contributed by atoms with E-state index < -0.39 is 0 Å². The molecule has 0 saturated carbocycles. The number of hydrogen-bond donors (Lipinski definition) is 0. The van der Waals surface area contributed by atoms with Gasteiger partial charge in [0.2, 0.25) is 5.71 Å². The molecular weight excluding hydrogens is 240 g/mol. The lowest BCUT2D eigenvalue weighted by Gasteiger charge is -2.04. The number of aryl methyl sites for hydroxylation is 2. The van der Waals surface area contributed by atoms with Gasteiger partial charge in [-0.15, -0.1) is 0 Å². The standard InChI is InChI=1S/C15H14N2O2/c1-10-3-5-12(6-4-10)9-18-15-16-8-13-7-11(2)19-14(13)17-15/h3-8H,9H2,1-2H3. The number of hydrogen-bond acceptors (Lipinski definition) is 4. The molecule has 0 fully saturated rings. The Balaban J connectivity index is 1.75. The molecule has 2 aromatic heterocycles. The maximum Gasteiger partial charge on any atom is 0.320 e. The summed E-state index contributed by atoms with van der Waals surface area (Å²) in [7, 11) is 0. The number of aromatic nitrogens is 2. The van der Waals surface area contributed by atoms with E-state index in [0.29, 0.717) is 18.3 Å². The van der Waals surface area contributed by atoms with Gasteiger partial charge >= 0.3 is 6.01 Å². The van der Waals surface area contributed by atoms with E-state index in [1.54, 1.807) is 6.20 Å². The molecule has 0 aliphatic carbocycles. The van der Waals surface area contributed by atoms with Crippen molar-refractivity contribution in [3.63, 3.8) is 0 Å². The zero-order chi connectivity index (χ0) is 13.2. The molecule has 0 unspecified atom stereocenters. The fraction of sp³-hybridized carbons (Fsp3) is 0.200. The highest BCUT2D eigenvalue weighted by atomic mass is 16.5. The van der Waals surface area contributed by atoms with E-state index in [1.165, 1.54) is 5.56 Å². The summed E-state index contributed by atoms with van der Waals surface area (Å²) in [5.41, 5.74) is 2.88. The minimum atomic E-state index is 0.336. The largest absolute Gasteiger partial charge is 0.459 e. The Bertz CT molecular complexity index is 702. The molecular formula is C15H14N2O2. The van der Waals surface area contributed by atoms with Crippen LogP contribution in [0.2, 0.25) is 0 Å². The average Bonchev–Trinajstić information content (AvgIpc) is 2.77. The summed E-state index contributed by atoms with van der Waals surface area (Å²) in [5.74, 6) is 0.819. The summed E-state index contributed by atoms with van der Waals surface area (Å²) in [4.78, 5) is 8.39. The van der Waals surface area contributed by atoms with Gasteiger partial charge in [-0.25, -0.2) is 4.98 Å². The van der Waals surface area contributed by atoms with Crippen LogP contribution in [0.5, 0.6) is 6.01 Å². The first-order valence-electron chi connectivity index (χ1n) is 6.12. The number of fused-ring (bicyclic) bond motifs is 1. The molecule has 0 aliphatic rings. The first-order valence-corrected chi connectivity index (χ1v) is 6.12. The van der Waals surface area contributed by atoms with Crippen molar-refractivity contribution in [2.24, 2.45) is 0 Å². The summed E-state index contributed by atoms with van der Waals surface area (Å²) < 4.78 is 11.0. The van der Waals surface area contributed by atoms with Gasteiger partial charge in [0.25, 0.3) is 0 Å². The molecule has 2 heterocycles. The molecule has 0 spiro atoms. The summed E-state index contributed by atoms with van der Waals surface area (Å²) >= 11 is 0. The molecule has 19 heavy (non-hydrogen) atoms. The van der Waals surface area contributed by atoms with Gasteiger partial charge in [-0.3, -0.25) is 0 Å². The van der Waals surface area contributed by atoms with Crippen LogP contribution in [0.15, 0.2) is 40.9 Å². The van der Waals surface area contributed by atoms with Crippen molar-refractivity contribution < 1.29 is 9.15 Å². The molecule has 0 aliphatic heterocycles. The van der Waals surface area contributed by atoms with Crippen molar-refractivity contribution in [1.82, 2.24) is 9.97 Å². The van der Waals surface area contributed by atoms with Gasteiger partial charge in [-0.2, -0.15) is 4.98 Å². The van der Waals surface area contributed by atoms with E-state index in [4.69, 9.17) is 9.15 Å². The summed E-state index contributed by atoms with van der Waals surface area (Å²) in [6, 6.07) is 10.4. The second kappa shape index (κ2) is 4.72. The van der Waals surface area contributed by atoms with Gasteiger partial charge in [0.1, 0.15) is 12.4 Å². The Morgan fingerprint density at radius 3 is 2.74 bits per heavy atom. The van der Waals surface area contributed by atoms with Crippen molar-refractivity contribution in [1.29, 1.82) is 0 Å². The quantitative estimate of drug-likeness (QED) is 0.718. The maximum absolute atomic E-state index is 5.57. The van der Waals surface area contributed by atoms with Crippen molar-refractivity contribution in [2.75, 3.05) is 0 Å². The summed E-state index contributed by atoms with van der Waals surface area (Å²) in [5, 5.41) is 0.889. The molecule has 0 saturated heterocycles. The molecule has 4 nitrogen and oxygen atoms in total. The van der Waals surface area contributed by atoms with Crippen molar-refractivity contribution >= 4 is 11.1 Å². The second-order valence-corrected chi connectivity index (χ2v) is 4.54. The summed E-state index contributed by atoms with van der Waals surface area (Å²) in [6.07, 6.45) is 1.71. The minimum absolute atomic E-state index is 0.336. The van der Waals surface area contributed by atoms with Crippen LogP contribution in [-0.2, 0) is 6.61 Å². The van der Waals surface area contributed by atoms with Gasteiger partial charge in [0.15, 0.2) is 0 Å². The predicted octanol–water partition coefficient (Wildman–Crippen LogP) is 3.42. The SMILES string of the molecule is Cc1ccc(COc2ncc3cc(C)oc3n2)cc1. The average molecular weight is 254 g/mol. The summed E-state index contributed by atoms with van der Waals surface area (Å²) in [6.45, 7) is 4.39. The zero-order valence-electron chi connectivity index (χ0n) is 10.9. The van der Waals surface area contributed by atoms with E-state index in [9.17, 15) is 0 Å². The van der Waals surface area contributed by atoms with Gasteiger partial charge < -0.3 is 9.15 Å². The number of rotatable bonds is 3. The van der Waals surface area contributed by atoms with Crippen molar-refractivity contribution in [2.45, 2.75) is 20.5 Å². The number of furan rings is 1. The number of nitrogens with zero attached hydrogens (tertiary/aromatic N) is 2. The molecule has 96 valence electrons. The van der Waals surface area contributed by atoms with Gasteiger partial charge in [0.05, 0.1) is 5.39 Å². The van der Waals surface area contributed by atoms with E-state index >= 15 is 0 Å². The number of benzene rings is 1. The third-order valence-corrected chi connectivity index (χ3v) is 2.86. The molecule has 3 aromatic rings. The van der Waals surface area contributed by atoms with Crippen LogP contribution in [0.25, 0.3) is 11.1 Å². The van der Waals surface area contributed by atoms with E-state index in [-0.39, 0.29) is 0 Å². The lowest BCUT2D eigenvalue weighted by Crippen LogP contribution is -1.99. The number of ether oxygens (including phenoxy) is 1. The molecule has 0 amide bonds. The van der Waals surface area contributed by atoms with E-state index in [0.717, 1.165) is 16.7 Å². The topological polar surface area (TPSA) is 48.2 Å². The van der Waals surface area contributed by atoms with Gasteiger partial charge in [-0.1, -0.05) is 29.8 Å². The van der Waals surface area contributed by atoms with Crippen LogP contribution >= 0.6 is 0 Å². The molecule has 0 N–H and O–H groups in total. The molecule has 0 atom stereocenters. The first-order chi connectivity index (χ1) is 9.20. The predicted molar refractivity (Wildman–Crippen MR) is 72.1 cm³/mol.